The average molecular weight is 218 g/mol. The summed E-state index contributed by atoms with van der Waals surface area (Å²) in [7, 11) is 0. The highest BCUT2D eigenvalue weighted by atomic mass is 19.1. The van der Waals surface area contributed by atoms with E-state index in [-0.39, 0.29) is 17.1 Å². The average Bonchev–Trinajstić information content (AvgIpc) is 2.71. The first-order valence-corrected chi connectivity index (χ1v) is 5.11. The molecule has 82 valence electrons. The van der Waals surface area contributed by atoms with E-state index in [9.17, 15) is 9.18 Å². The predicted octanol–water partition coefficient (Wildman–Crippen LogP) is 3.72. The molecule has 1 heterocycles. The lowest BCUT2D eigenvalue weighted by Crippen LogP contribution is -1.89. The maximum absolute atomic E-state index is 13.3. The molecule has 1 aromatic carbocycles. The number of hydrogen-bond acceptors (Lipinski definition) is 2. The van der Waals surface area contributed by atoms with Crippen LogP contribution in [0.15, 0.2) is 40.8 Å². The lowest BCUT2D eigenvalue weighted by atomic mass is 10.2. The summed E-state index contributed by atoms with van der Waals surface area (Å²) in [6.45, 7) is 1.93. The van der Waals surface area contributed by atoms with Crippen molar-refractivity contribution in [2.75, 3.05) is 0 Å². The summed E-state index contributed by atoms with van der Waals surface area (Å²) in [5.41, 5.74) is 0.135. The first-order chi connectivity index (χ1) is 7.72. The summed E-state index contributed by atoms with van der Waals surface area (Å²) in [4.78, 5) is 11.6. The molecule has 0 saturated carbocycles. The first-order valence-electron chi connectivity index (χ1n) is 5.11. The number of allylic oxidation sites excluding steroid dienone is 2. The fourth-order valence-electron chi connectivity index (χ4n) is 1.46. The van der Waals surface area contributed by atoms with Crippen LogP contribution in [0.1, 0.15) is 23.9 Å². The van der Waals surface area contributed by atoms with Gasteiger partial charge in [-0.1, -0.05) is 25.1 Å². The molecule has 0 fully saturated rings. The molecule has 16 heavy (non-hydrogen) atoms. The minimum Gasteiger partial charge on any atom is -0.450 e. The van der Waals surface area contributed by atoms with Gasteiger partial charge in [0.15, 0.2) is 17.2 Å². The van der Waals surface area contributed by atoms with Gasteiger partial charge in [0, 0.05) is 5.39 Å². The molecule has 2 nitrogen and oxygen atoms in total. The van der Waals surface area contributed by atoms with Crippen LogP contribution in [0.2, 0.25) is 0 Å². The third-order valence-corrected chi connectivity index (χ3v) is 2.24. The Kier molecular flexibility index (Phi) is 2.86. The second-order valence-electron chi connectivity index (χ2n) is 3.44. The molecule has 2 rings (SSSR count). The third-order valence-electron chi connectivity index (χ3n) is 2.24. The van der Waals surface area contributed by atoms with Gasteiger partial charge in [-0.3, -0.25) is 4.79 Å². The number of furan rings is 1. The van der Waals surface area contributed by atoms with Crippen molar-refractivity contribution in [2.24, 2.45) is 0 Å². The molecule has 0 amide bonds. The molecule has 3 heteroatoms. The van der Waals surface area contributed by atoms with Crippen LogP contribution < -0.4 is 0 Å². The van der Waals surface area contributed by atoms with Gasteiger partial charge in [0.2, 0.25) is 5.78 Å². The van der Waals surface area contributed by atoms with Crippen LogP contribution in [0.4, 0.5) is 4.39 Å². The van der Waals surface area contributed by atoms with Crippen LogP contribution in [0.3, 0.4) is 0 Å². The third kappa shape index (κ3) is 1.89. The number of hydrogen-bond donors (Lipinski definition) is 0. The van der Waals surface area contributed by atoms with Gasteiger partial charge in [0.25, 0.3) is 0 Å². The van der Waals surface area contributed by atoms with Crippen LogP contribution in [-0.4, -0.2) is 5.78 Å². The van der Waals surface area contributed by atoms with Gasteiger partial charge in [0.05, 0.1) is 0 Å². The van der Waals surface area contributed by atoms with E-state index < -0.39 is 5.82 Å². The zero-order valence-electron chi connectivity index (χ0n) is 8.87. The first kappa shape index (κ1) is 10.6. The van der Waals surface area contributed by atoms with Crippen LogP contribution in [0.25, 0.3) is 11.0 Å². The normalized spacial score (nSPS) is 11.4. The summed E-state index contributed by atoms with van der Waals surface area (Å²) in [6.07, 6.45) is 3.96. The molecule has 0 aliphatic rings. The van der Waals surface area contributed by atoms with E-state index in [1.807, 2.05) is 6.92 Å². The Morgan fingerprint density at radius 2 is 2.31 bits per heavy atom. The Balaban J connectivity index is 2.44. The Hall–Kier alpha value is -1.90. The number of para-hydroxylation sites is 1. The summed E-state index contributed by atoms with van der Waals surface area (Å²) >= 11 is 0. The predicted molar refractivity (Wildman–Crippen MR) is 59.9 cm³/mol. The van der Waals surface area contributed by atoms with Crippen LogP contribution in [-0.2, 0) is 0 Å². The van der Waals surface area contributed by atoms with Crippen molar-refractivity contribution in [3.8, 4) is 0 Å². The lowest BCUT2D eigenvalue weighted by Gasteiger charge is -1.89. The van der Waals surface area contributed by atoms with Crippen molar-refractivity contribution in [3.05, 3.63) is 48.0 Å². The van der Waals surface area contributed by atoms with Gasteiger partial charge in [-0.15, -0.1) is 0 Å². The van der Waals surface area contributed by atoms with Gasteiger partial charge in [0.1, 0.15) is 0 Å². The van der Waals surface area contributed by atoms with Crippen molar-refractivity contribution in [1.29, 1.82) is 0 Å². The van der Waals surface area contributed by atoms with Crippen LogP contribution in [0.5, 0.6) is 0 Å². The maximum atomic E-state index is 13.3. The van der Waals surface area contributed by atoms with Crippen molar-refractivity contribution < 1.29 is 13.6 Å². The minimum absolute atomic E-state index is 0.135. The van der Waals surface area contributed by atoms with E-state index in [1.54, 1.807) is 24.3 Å². The number of carbonyl (C=O) groups is 1. The SMILES string of the molecule is CC/C=C/C(=O)c1cc2cccc(F)c2o1. The highest BCUT2D eigenvalue weighted by molar-refractivity contribution is 6.04. The molecule has 1 aromatic heterocycles. The highest BCUT2D eigenvalue weighted by Gasteiger charge is 2.11. The Bertz CT molecular complexity index is 552. The quantitative estimate of drug-likeness (QED) is 0.580. The van der Waals surface area contributed by atoms with E-state index in [2.05, 4.69) is 0 Å². The topological polar surface area (TPSA) is 30.2 Å². The smallest absolute Gasteiger partial charge is 0.220 e. The van der Waals surface area contributed by atoms with Gasteiger partial charge < -0.3 is 4.42 Å². The molecule has 0 saturated heterocycles. The lowest BCUT2D eigenvalue weighted by molar-refractivity contribution is 0.102. The molecule has 0 aliphatic carbocycles. The van der Waals surface area contributed by atoms with E-state index >= 15 is 0 Å². The number of fused-ring (bicyclic) bond motifs is 1. The molecular weight excluding hydrogens is 207 g/mol. The largest absolute Gasteiger partial charge is 0.450 e. The van der Waals surface area contributed by atoms with E-state index in [4.69, 9.17) is 4.42 Å². The maximum Gasteiger partial charge on any atom is 0.220 e. The number of benzene rings is 1. The summed E-state index contributed by atoms with van der Waals surface area (Å²) in [6, 6.07) is 6.16. The molecule has 0 aliphatic heterocycles. The monoisotopic (exact) mass is 218 g/mol. The second-order valence-corrected chi connectivity index (χ2v) is 3.44. The standard InChI is InChI=1S/C13H11FO2/c1-2-3-7-11(15)12-8-9-5-4-6-10(14)13(9)16-12/h3-8H,2H2,1H3/b7-3+. The summed E-state index contributed by atoms with van der Waals surface area (Å²) in [5, 5.41) is 0.605. The zero-order chi connectivity index (χ0) is 11.5. The molecule has 0 radical (unpaired) electrons. The second kappa shape index (κ2) is 4.31. The van der Waals surface area contributed by atoms with Crippen LogP contribution in [0, 0.1) is 5.82 Å². The molecular formula is C13H11FO2. The number of ketones is 1. The number of halogens is 1. The molecule has 0 N–H and O–H groups in total. The van der Waals surface area contributed by atoms with E-state index in [1.165, 1.54) is 12.1 Å². The van der Waals surface area contributed by atoms with Gasteiger partial charge in [-0.2, -0.15) is 0 Å². The minimum atomic E-state index is -0.448. The van der Waals surface area contributed by atoms with Crippen molar-refractivity contribution in [1.82, 2.24) is 0 Å². The van der Waals surface area contributed by atoms with E-state index in [0.717, 1.165) is 6.42 Å². The highest BCUT2D eigenvalue weighted by Crippen LogP contribution is 2.22. The molecule has 0 atom stereocenters. The van der Waals surface area contributed by atoms with E-state index in [0.29, 0.717) is 5.39 Å². The summed E-state index contributed by atoms with van der Waals surface area (Å²) < 4.78 is 18.5. The van der Waals surface area contributed by atoms with Gasteiger partial charge in [-0.05, 0) is 24.6 Å². The molecule has 0 spiro atoms. The molecule has 0 unspecified atom stereocenters. The molecule has 0 bridgehead atoms. The fourth-order valence-corrected chi connectivity index (χ4v) is 1.46. The Labute approximate surface area is 92.4 Å². The molecule has 2 aromatic rings. The fraction of sp³-hybridized carbons (Fsp3) is 0.154. The van der Waals surface area contributed by atoms with Crippen molar-refractivity contribution in [3.63, 3.8) is 0 Å². The van der Waals surface area contributed by atoms with Gasteiger partial charge >= 0.3 is 0 Å². The van der Waals surface area contributed by atoms with Crippen LogP contribution >= 0.6 is 0 Å². The summed E-state index contributed by atoms with van der Waals surface area (Å²) in [5.74, 6) is -0.515. The number of carbonyl (C=O) groups excluding carboxylic acids is 1. The zero-order valence-corrected chi connectivity index (χ0v) is 8.87. The Morgan fingerprint density at radius 1 is 1.50 bits per heavy atom. The van der Waals surface area contributed by atoms with Gasteiger partial charge in [-0.25, -0.2) is 4.39 Å². The Morgan fingerprint density at radius 3 is 3.00 bits per heavy atom. The van der Waals surface area contributed by atoms with Crippen molar-refractivity contribution >= 4 is 16.8 Å². The number of rotatable bonds is 3. The van der Waals surface area contributed by atoms with Crippen molar-refractivity contribution in [2.45, 2.75) is 13.3 Å².